The van der Waals surface area contributed by atoms with Crippen LogP contribution in [-0.4, -0.2) is 9.13 Å². The molecule has 5 heteroatoms. The Balaban J connectivity index is 1.25. The summed E-state index contributed by atoms with van der Waals surface area (Å²) in [6, 6.07) is 53.1. The standard InChI is InChI=1S/C45H31N5/c46-27-30-19-21-42-37(24-30)35-13-2-5-16-40(35)49(42)33-11-9-10-32(26-33)34-12-1-4-15-39(34)45(29-48)23-8-7-18-44(45)50-41-17-6-3-14-36(41)38-25-31(28-47)20-22-43(38)50/h1-6,9-17,19-22,24-26,44H,7-8,18,23H2. The van der Waals surface area contributed by atoms with E-state index in [1.165, 1.54) is 0 Å². The number of nitrogens with zero attached hydrogens (tertiary/aromatic N) is 5. The molecule has 236 valence electrons. The molecule has 50 heavy (non-hydrogen) atoms. The van der Waals surface area contributed by atoms with Crippen LogP contribution in [0.4, 0.5) is 0 Å². The lowest BCUT2D eigenvalue weighted by molar-refractivity contribution is 0.253. The van der Waals surface area contributed by atoms with Crippen molar-refractivity contribution in [3.05, 3.63) is 150 Å². The summed E-state index contributed by atoms with van der Waals surface area (Å²) in [4.78, 5) is 0. The lowest BCUT2D eigenvalue weighted by Gasteiger charge is -2.42. The van der Waals surface area contributed by atoms with Gasteiger partial charge in [-0.25, -0.2) is 0 Å². The Morgan fingerprint density at radius 1 is 0.560 bits per heavy atom. The summed E-state index contributed by atoms with van der Waals surface area (Å²) in [5.41, 5.74) is 8.94. The molecule has 1 fully saturated rings. The maximum atomic E-state index is 11.4. The average Bonchev–Trinajstić information content (AvgIpc) is 3.69. The molecule has 5 nitrogen and oxygen atoms in total. The molecule has 2 heterocycles. The van der Waals surface area contributed by atoms with Crippen molar-refractivity contribution in [3.8, 4) is 35.0 Å². The molecular weight excluding hydrogens is 611 g/mol. The highest BCUT2D eigenvalue weighted by Crippen LogP contribution is 2.51. The molecule has 0 aliphatic heterocycles. The van der Waals surface area contributed by atoms with E-state index in [1.54, 1.807) is 0 Å². The van der Waals surface area contributed by atoms with Gasteiger partial charge in [0.05, 0.1) is 46.4 Å². The zero-order chi connectivity index (χ0) is 33.8. The van der Waals surface area contributed by atoms with Gasteiger partial charge in [0.2, 0.25) is 0 Å². The molecule has 8 aromatic rings. The molecule has 2 aromatic heterocycles. The first-order chi connectivity index (χ1) is 24.6. The van der Waals surface area contributed by atoms with E-state index in [4.69, 9.17) is 0 Å². The zero-order valence-corrected chi connectivity index (χ0v) is 27.3. The fraction of sp³-hybridized carbons (Fsp3) is 0.133. The van der Waals surface area contributed by atoms with Gasteiger partial charge in [-0.05, 0) is 90.2 Å². The Labute approximate surface area is 290 Å². The third kappa shape index (κ3) is 4.29. The second-order valence-corrected chi connectivity index (χ2v) is 13.4. The molecule has 0 radical (unpaired) electrons. The lowest BCUT2D eigenvalue weighted by Crippen LogP contribution is -2.39. The Morgan fingerprint density at radius 3 is 1.94 bits per heavy atom. The summed E-state index contributed by atoms with van der Waals surface area (Å²) in [5.74, 6) is 0. The van der Waals surface area contributed by atoms with Gasteiger partial charge in [-0.3, -0.25) is 0 Å². The number of benzene rings is 6. The first-order valence-corrected chi connectivity index (χ1v) is 17.1. The summed E-state index contributed by atoms with van der Waals surface area (Å²) >= 11 is 0. The van der Waals surface area contributed by atoms with Gasteiger partial charge in [0.1, 0.15) is 5.41 Å². The minimum Gasteiger partial charge on any atom is -0.335 e. The van der Waals surface area contributed by atoms with E-state index in [0.29, 0.717) is 11.1 Å². The highest BCUT2D eigenvalue weighted by Gasteiger charge is 2.46. The molecule has 0 amide bonds. The highest BCUT2D eigenvalue weighted by molar-refractivity contribution is 6.10. The number of hydrogen-bond acceptors (Lipinski definition) is 3. The minimum atomic E-state index is -0.784. The number of aromatic nitrogens is 2. The SMILES string of the molecule is N#Cc1ccc2c(c1)c1ccccc1n2-c1cccc(-c2ccccc2C2(C#N)CCCCC2n2c3ccccc3c3cc(C#N)ccc32)c1. The fourth-order valence-electron chi connectivity index (χ4n) is 8.67. The summed E-state index contributed by atoms with van der Waals surface area (Å²) in [6.07, 6.45) is 3.64. The Morgan fingerprint density at radius 2 is 1.18 bits per heavy atom. The smallest absolute Gasteiger partial charge is 0.103 e. The van der Waals surface area contributed by atoms with Crippen LogP contribution < -0.4 is 0 Å². The van der Waals surface area contributed by atoms with Crippen molar-refractivity contribution < 1.29 is 0 Å². The quantitative estimate of drug-likeness (QED) is 0.192. The molecule has 2 unspecified atom stereocenters. The van der Waals surface area contributed by atoms with Gasteiger partial charge < -0.3 is 9.13 Å². The summed E-state index contributed by atoms with van der Waals surface area (Å²) in [7, 11) is 0. The molecule has 1 saturated carbocycles. The molecule has 0 spiro atoms. The zero-order valence-electron chi connectivity index (χ0n) is 27.3. The summed E-state index contributed by atoms with van der Waals surface area (Å²) in [6.45, 7) is 0. The van der Waals surface area contributed by atoms with E-state index < -0.39 is 5.41 Å². The van der Waals surface area contributed by atoms with E-state index in [1.807, 2.05) is 42.5 Å². The van der Waals surface area contributed by atoms with E-state index in [0.717, 1.165) is 91.7 Å². The molecule has 9 rings (SSSR count). The van der Waals surface area contributed by atoms with Gasteiger partial charge in [-0.15, -0.1) is 0 Å². The van der Waals surface area contributed by atoms with Crippen LogP contribution in [0, 0.1) is 34.0 Å². The van der Waals surface area contributed by atoms with E-state index in [2.05, 4.69) is 118 Å². The van der Waals surface area contributed by atoms with Gasteiger partial charge >= 0.3 is 0 Å². The topological polar surface area (TPSA) is 81.2 Å². The molecule has 1 aliphatic rings. The van der Waals surface area contributed by atoms with Gasteiger partial charge in [0.15, 0.2) is 0 Å². The van der Waals surface area contributed by atoms with Crippen molar-refractivity contribution in [2.24, 2.45) is 0 Å². The Hall–Kier alpha value is -6.61. The maximum Gasteiger partial charge on any atom is 0.103 e. The van der Waals surface area contributed by atoms with Crippen LogP contribution >= 0.6 is 0 Å². The second-order valence-electron chi connectivity index (χ2n) is 13.4. The predicted octanol–water partition coefficient (Wildman–Crippen LogP) is 10.9. The molecule has 2 atom stereocenters. The van der Waals surface area contributed by atoms with E-state index >= 15 is 0 Å². The summed E-state index contributed by atoms with van der Waals surface area (Å²) in [5, 5.41) is 35.1. The number of nitriles is 3. The second kappa shape index (κ2) is 11.5. The van der Waals surface area contributed by atoms with Gasteiger partial charge in [0.25, 0.3) is 0 Å². The number of rotatable bonds is 4. The fourth-order valence-corrected chi connectivity index (χ4v) is 8.67. The third-order valence-electron chi connectivity index (χ3n) is 10.8. The largest absolute Gasteiger partial charge is 0.335 e. The van der Waals surface area contributed by atoms with Crippen molar-refractivity contribution in [2.45, 2.75) is 37.1 Å². The van der Waals surface area contributed by atoms with Gasteiger partial charge in [-0.1, -0.05) is 85.6 Å². The van der Waals surface area contributed by atoms with Crippen molar-refractivity contribution in [2.75, 3.05) is 0 Å². The van der Waals surface area contributed by atoms with Crippen LogP contribution in [0.1, 0.15) is 48.4 Å². The van der Waals surface area contributed by atoms with Crippen LogP contribution in [0.3, 0.4) is 0 Å². The molecule has 6 aromatic carbocycles. The van der Waals surface area contributed by atoms with Gasteiger partial charge in [0, 0.05) is 38.3 Å². The molecule has 0 bridgehead atoms. The first-order valence-electron chi connectivity index (χ1n) is 17.1. The number of para-hydroxylation sites is 2. The van der Waals surface area contributed by atoms with Crippen LogP contribution in [0.5, 0.6) is 0 Å². The molecule has 0 saturated heterocycles. The molecule has 0 N–H and O–H groups in total. The van der Waals surface area contributed by atoms with E-state index in [-0.39, 0.29) is 6.04 Å². The van der Waals surface area contributed by atoms with E-state index in [9.17, 15) is 15.8 Å². The molecular formula is C45H31N5. The van der Waals surface area contributed by atoms with Gasteiger partial charge in [-0.2, -0.15) is 15.8 Å². The summed E-state index contributed by atoms with van der Waals surface area (Å²) < 4.78 is 4.67. The minimum absolute atomic E-state index is 0.104. The van der Waals surface area contributed by atoms with Crippen LogP contribution in [-0.2, 0) is 5.41 Å². The predicted molar refractivity (Wildman–Crippen MR) is 200 cm³/mol. The number of fused-ring (bicyclic) bond motifs is 6. The van der Waals surface area contributed by atoms with Crippen LogP contribution in [0.15, 0.2) is 133 Å². The monoisotopic (exact) mass is 641 g/mol. The Bertz CT molecular complexity index is 2780. The Kier molecular flexibility index (Phi) is 6.80. The highest BCUT2D eigenvalue weighted by atomic mass is 15.0. The average molecular weight is 642 g/mol. The third-order valence-corrected chi connectivity index (χ3v) is 10.8. The normalized spacial score (nSPS) is 17.5. The van der Waals surface area contributed by atoms with Crippen molar-refractivity contribution >= 4 is 43.6 Å². The maximum absolute atomic E-state index is 11.4. The van der Waals surface area contributed by atoms with Crippen LogP contribution in [0.25, 0.3) is 60.4 Å². The lowest BCUT2D eigenvalue weighted by atomic mass is 9.65. The number of hydrogen-bond donors (Lipinski definition) is 0. The first kappa shape index (κ1) is 29.5. The molecule has 1 aliphatic carbocycles. The van der Waals surface area contributed by atoms with Crippen molar-refractivity contribution in [1.29, 1.82) is 15.8 Å². The van der Waals surface area contributed by atoms with Crippen molar-refractivity contribution in [1.82, 2.24) is 9.13 Å². The van der Waals surface area contributed by atoms with Crippen molar-refractivity contribution in [3.63, 3.8) is 0 Å². The van der Waals surface area contributed by atoms with Crippen LogP contribution in [0.2, 0.25) is 0 Å².